The lowest BCUT2D eigenvalue weighted by atomic mass is 10.2. The molecular weight excluding hydrogens is 296 g/mol. The van der Waals surface area contributed by atoms with Gasteiger partial charge in [-0.25, -0.2) is 4.79 Å². The lowest BCUT2D eigenvalue weighted by Crippen LogP contribution is -2.36. The number of anilines is 1. The average molecular weight is 318 g/mol. The normalized spacial score (nSPS) is 15.4. The number of benzene rings is 1. The quantitative estimate of drug-likeness (QED) is 0.813. The second-order valence-corrected chi connectivity index (χ2v) is 5.53. The number of amides is 2. The van der Waals surface area contributed by atoms with Crippen LogP contribution in [0.5, 0.6) is 0 Å². The minimum Gasteiger partial charge on any atom is -0.449 e. The van der Waals surface area contributed by atoms with Gasteiger partial charge in [0.2, 0.25) is 5.91 Å². The largest absolute Gasteiger partial charge is 0.449 e. The van der Waals surface area contributed by atoms with Gasteiger partial charge in [0.25, 0.3) is 5.91 Å². The molecule has 2 rings (SSSR count). The number of rotatable bonds is 6. The van der Waals surface area contributed by atoms with Crippen LogP contribution in [0.4, 0.5) is 5.69 Å². The number of carbonyl (C=O) groups is 3. The highest BCUT2D eigenvalue weighted by Crippen LogP contribution is 2.21. The first-order valence-electron chi connectivity index (χ1n) is 7.92. The highest BCUT2D eigenvalue weighted by molar-refractivity contribution is 5.96. The molecule has 2 amide bonds. The Balaban J connectivity index is 1.95. The number of carbonyl (C=O) groups excluding carboxylic acids is 3. The fourth-order valence-electron chi connectivity index (χ4n) is 2.37. The van der Waals surface area contributed by atoms with Crippen LogP contribution >= 0.6 is 0 Å². The van der Waals surface area contributed by atoms with Gasteiger partial charge in [0.05, 0.1) is 5.56 Å². The maximum Gasteiger partial charge on any atom is 0.338 e. The van der Waals surface area contributed by atoms with Crippen molar-refractivity contribution in [3.05, 3.63) is 29.8 Å². The van der Waals surface area contributed by atoms with Crippen LogP contribution in [-0.2, 0) is 14.3 Å². The molecule has 0 unspecified atom stereocenters. The Bertz CT molecular complexity index is 583. The lowest BCUT2D eigenvalue weighted by molar-refractivity contribution is -0.129. The minimum absolute atomic E-state index is 0.0987. The van der Waals surface area contributed by atoms with Crippen LogP contribution in [0, 0.1) is 0 Å². The predicted octanol–water partition coefficient (Wildman–Crippen LogP) is 1.88. The molecule has 1 heterocycles. The number of hydrogen-bond acceptors (Lipinski definition) is 4. The van der Waals surface area contributed by atoms with Crippen molar-refractivity contribution in [2.75, 3.05) is 18.0 Å². The van der Waals surface area contributed by atoms with E-state index in [0.29, 0.717) is 25.1 Å². The van der Waals surface area contributed by atoms with Gasteiger partial charge < -0.3 is 15.0 Å². The van der Waals surface area contributed by atoms with Crippen LogP contribution in [0.25, 0.3) is 0 Å². The number of nitrogens with zero attached hydrogens (tertiary/aromatic N) is 1. The van der Waals surface area contributed by atoms with E-state index in [2.05, 4.69) is 5.32 Å². The van der Waals surface area contributed by atoms with Gasteiger partial charge in [-0.15, -0.1) is 0 Å². The Kier molecular flexibility index (Phi) is 5.73. The molecule has 1 aromatic carbocycles. The summed E-state index contributed by atoms with van der Waals surface area (Å²) in [5, 5.41) is 2.68. The molecule has 6 heteroatoms. The van der Waals surface area contributed by atoms with Crippen molar-refractivity contribution in [1.29, 1.82) is 0 Å². The van der Waals surface area contributed by atoms with Crippen molar-refractivity contribution >= 4 is 23.5 Å². The molecule has 0 radical (unpaired) electrons. The Morgan fingerprint density at radius 2 is 2.00 bits per heavy atom. The first kappa shape index (κ1) is 17.0. The molecule has 1 atom stereocenters. The van der Waals surface area contributed by atoms with E-state index in [1.165, 1.54) is 0 Å². The fraction of sp³-hybridized carbons (Fsp3) is 0.471. The maximum atomic E-state index is 12.0. The molecule has 1 saturated heterocycles. The summed E-state index contributed by atoms with van der Waals surface area (Å²) in [4.78, 5) is 37.1. The molecule has 0 saturated carbocycles. The second-order valence-electron chi connectivity index (χ2n) is 5.53. The van der Waals surface area contributed by atoms with Crippen LogP contribution < -0.4 is 10.2 Å². The van der Waals surface area contributed by atoms with E-state index in [9.17, 15) is 14.4 Å². The van der Waals surface area contributed by atoms with Gasteiger partial charge in [-0.2, -0.15) is 0 Å². The van der Waals surface area contributed by atoms with Crippen LogP contribution in [-0.4, -0.2) is 37.0 Å². The van der Waals surface area contributed by atoms with E-state index in [4.69, 9.17) is 4.74 Å². The molecule has 0 aliphatic carbocycles. The van der Waals surface area contributed by atoms with E-state index in [-0.39, 0.29) is 11.8 Å². The summed E-state index contributed by atoms with van der Waals surface area (Å²) in [7, 11) is 0. The van der Waals surface area contributed by atoms with Gasteiger partial charge in [0.1, 0.15) is 0 Å². The zero-order valence-electron chi connectivity index (χ0n) is 13.5. The number of nitrogens with one attached hydrogen (secondary N) is 1. The zero-order chi connectivity index (χ0) is 16.8. The lowest BCUT2D eigenvalue weighted by Gasteiger charge is -2.16. The summed E-state index contributed by atoms with van der Waals surface area (Å²) in [5.74, 6) is -0.760. The molecule has 1 N–H and O–H groups in total. The van der Waals surface area contributed by atoms with Crippen LogP contribution in [0.2, 0.25) is 0 Å². The summed E-state index contributed by atoms with van der Waals surface area (Å²) in [6.07, 6.45) is 1.40. The molecule has 0 spiro atoms. The standard InChI is InChI=1S/C17H22N2O4/c1-3-10-18-16(21)12(2)23-17(22)13-6-8-14(9-7-13)19-11-4-5-15(19)20/h6-9,12H,3-5,10-11H2,1-2H3,(H,18,21)/t12-/m0/s1. The number of esters is 1. The van der Waals surface area contributed by atoms with Crippen molar-refractivity contribution in [2.24, 2.45) is 0 Å². The minimum atomic E-state index is -0.839. The van der Waals surface area contributed by atoms with Gasteiger partial charge in [0, 0.05) is 25.2 Å². The number of ether oxygens (including phenoxy) is 1. The summed E-state index contributed by atoms with van der Waals surface area (Å²) in [6, 6.07) is 6.67. The third-order valence-electron chi connectivity index (χ3n) is 3.69. The van der Waals surface area contributed by atoms with Crippen LogP contribution in [0.15, 0.2) is 24.3 Å². The Morgan fingerprint density at radius 1 is 1.30 bits per heavy atom. The SMILES string of the molecule is CCCNC(=O)[C@H](C)OC(=O)c1ccc(N2CCCC2=O)cc1. The summed E-state index contributed by atoms with van der Waals surface area (Å²) >= 11 is 0. The van der Waals surface area contributed by atoms with E-state index >= 15 is 0 Å². The van der Waals surface area contributed by atoms with Gasteiger partial charge in [-0.05, 0) is 44.0 Å². The molecule has 0 aromatic heterocycles. The van der Waals surface area contributed by atoms with Gasteiger partial charge >= 0.3 is 5.97 Å². The molecule has 1 aliphatic rings. The first-order chi connectivity index (χ1) is 11.0. The van der Waals surface area contributed by atoms with Gasteiger partial charge in [-0.3, -0.25) is 9.59 Å². The summed E-state index contributed by atoms with van der Waals surface area (Å²) in [6.45, 7) is 4.75. The van der Waals surface area contributed by atoms with E-state index in [1.807, 2.05) is 6.92 Å². The molecule has 0 bridgehead atoms. The summed E-state index contributed by atoms with van der Waals surface area (Å²) < 4.78 is 5.15. The smallest absolute Gasteiger partial charge is 0.338 e. The van der Waals surface area contributed by atoms with Crippen LogP contribution in [0.3, 0.4) is 0 Å². The number of hydrogen-bond donors (Lipinski definition) is 1. The first-order valence-corrected chi connectivity index (χ1v) is 7.92. The third kappa shape index (κ3) is 4.31. The Hall–Kier alpha value is -2.37. The van der Waals surface area contributed by atoms with Crippen molar-refractivity contribution < 1.29 is 19.1 Å². The van der Waals surface area contributed by atoms with E-state index in [0.717, 1.165) is 18.5 Å². The molecule has 23 heavy (non-hydrogen) atoms. The zero-order valence-corrected chi connectivity index (χ0v) is 13.5. The molecule has 1 aliphatic heterocycles. The maximum absolute atomic E-state index is 12.0. The fourth-order valence-corrected chi connectivity index (χ4v) is 2.37. The van der Waals surface area contributed by atoms with Crippen molar-refractivity contribution in [1.82, 2.24) is 5.32 Å². The van der Waals surface area contributed by atoms with Crippen molar-refractivity contribution in [2.45, 2.75) is 39.2 Å². The van der Waals surface area contributed by atoms with E-state index < -0.39 is 12.1 Å². The van der Waals surface area contributed by atoms with Gasteiger partial charge in [0.15, 0.2) is 6.10 Å². The highest BCUT2D eigenvalue weighted by atomic mass is 16.5. The predicted molar refractivity (Wildman–Crippen MR) is 86.2 cm³/mol. The Morgan fingerprint density at radius 3 is 2.57 bits per heavy atom. The molecular formula is C17H22N2O4. The average Bonchev–Trinajstić information content (AvgIpc) is 2.98. The molecule has 1 fully saturated rings. The monoisotopic (exact) mass is 318 g/mol. The van der Waals surface area contributed by atoms with Gasteiger partial charge in [-0.1, -0.05) is 6.92 Å². The highest BCUT2D eigenvalue weighted by Gasteiger charge is 2.22. The molecule has 1 aromatic rings. The third-order valence-corrected chi connectivity index (χ3v) is 3.69. The summed E-state index contributed by atoms with van der Waals surface area (Å²) in [5.41, 5.74) is 1.13. The topological polar surface area (TPSA) is 75.7 Å². The van der Waals surface area contributed by atoms with Crippen molar-refractivity contribution in [3.63, 3.8) is 0 Å². The molecule has 124 valence electrons. The van der Waals surface area contributed by atoms with E-state index in [1.54, 1.807) is 36.1 Å². The molecule has 6 nitrogen and oxygen atoms in total. The second kappa shape index (κ2) is 7.76. The van der Waals surface area contributed by atoms with Crippen molar-refractivity contribution in [3.8, 4) is 0 Å². The Labute approximate surface area is 135 Å². The van der Waals surface area contributed by atoms with Crippen LogP contribution in [0.1, 0.15) is 43.5 Å².